The van der Waals surface area contributed by atoms with Crippen LogP contribution >= 0.6 is 0 Å². The minimum Gasteiger partial charge on any atom is -0.313 e. The van der Waals surface area contributed by atoms with E-state index in [-0.39, 0.29) is 0 Å². The molecule has 2 heterocycles. The lowest BCUT2D eigenvalue weighted by molar-refractivity contribution is 0.254. The van der Waals surface area contributed by atoms with Crippen LogP contribution in [0.1, 0.15) is 51.9 Å². The molecule has 0 amide bonds. The van der Waals surface area contributed by atoms with E-state index in [0.29, 0.717) is 0 Å². The van der Waals surface area contributed by atoms with Gasteiger partial charge < -0.3 is 10.2 Å². The van der Waals surface area contributed by atoms with Crippen molar-refractivity contribution in [3.05, 3.63) is 0 Å². The smallest absolute Gasteiger partial charge is 0.0195 e. The number of nitrogens with zero attached hydrogens (tertiary/aromatic N) is 1. The fourth-order valence-electron chi connectivity index (χ4n) is 3.33. The third-order valence-corrected chi connectivity index (χ3v) is 4.28. The van der Waals surface area contributed by atoms with Crippen LogP contribution in [0.25, 0.3) is 0 Å². The van der Waals surface area contributed by atoms with E-state index in [1.165, 1.54) is 71.1 Å². The van der Waals surface area contributed by atoms with E-state index >= 15 is 0 Å². The molecule has 0 saturated carbocycles. The van der Waals surface area contributed by atoms with Gasteiger partial charge in [-0.15, -0.1) is 0 Å². The highest BCUT2D eigenvalue weighted by molar-refractivity contribution is 4.79. The van der Waals surface area contributed by atoms with Crippen LogP contribution in [0.5, 0.6) is 0 Å². The summed E-state index contributed by atoms with van der Waals surface area (Å²) in [4.78, 5) is 2.71. The number of hydrogen-bond donors (Lipinski definition) is 1. The Bertz CT molecular complexity index is 187. The highest BCUT2D eigenvalue weighted by Gasteiger charge is 2.20. The first kappa shape index (κ1) is 12.4. The highest BCUT2D eigenvalue weighted by Crippen LogP contribution is 2.22. The maximum absolute atomic E-state index is 3.62. The summed E-state index contributed by atoms with van der Waals surface area (Å²) < 4.78 is 0. The molecule has 2 aliphatic rings. The van der Waals surface area contributed by atoms with Crippen molar-refractivity contribution >= 4 is 0 Å². The van der Waals surface area contributed by atoms with Gasteiger partial charge in [0.25, 0.3) is 0 Å². The summed E-state index contributed by atoms with van der Waals surface area (Å²) in [5, 5.41) is 3.62. The van der Waals surface area contributed by atoms with E-state index in [1.807, 2.05) is 0 Å². The normalized spacial score (nSPS) is 32.8. The monoisotopic (exact) mass is 224 g/mol. The fraction of sp³-hybridized carbons (Fsp3) is 1.00. The maximum Gasteiger partial charge on any atom is 0.0195 e. The molecule has 2 rings (SSSR count). The molecule has 0 spiro atoms. The van der Waals surface area contributed by atoms with Crippen molar-refractivity contribution in [3.8, 4) is 0 Å². The Labute approximate surface area is 101 Å². The van der Waals surface area contributed by atoms with Gasteiger partial charge in [-0.3, -0.25) is 0 Å². The average molecular weight is 224 g/mol. The molecule has 0 aromatic carbocycles. The molecule has 2 heteroatoms. The molecule has 2 nitrogen and oxygen atoms in total. The second-order valence-corrected chi connectivity index (χ2v) is 5.68. The predicted octanol–water partition coefficient (Wildman–Crippen LogP) is 2.64. The Morgan fingerprint density at radius 3 is 2.81 bits per heavy atom. The lowest BCUT2D eigenvalue weighted by atomic mass is 9.96. The van der Waals surface area contributed by atoms with Crippen molar-refractivity contribution in [1.29, 1.82) is 0 Å². The van der Waals surface area contributed by atoms with Crippen molar-refractivity contribution < 1.29 is 0 Å². The quantitative estimate of drug-likeness (QED) is 0.790. The van der Waals surface area contributed by atoms with Gasteiger partial charge in [0.15, 0.2) is 0 Å². The molecule has 2 atom stereocenters. The van der Waals surface area contributed by atoms with Gasteiger partial charge in [-0.1, -0.05) is 19.8 Å². The van der Waals surface area contributed by atoms with Crippen molar-refractivity contribution in [3.63, 3.8) is 0 Å². The van der Waals surface area contributed by atoms with Gasteiger partial charge >= 0.3 is 0 Å². The lowest BCUT2D eigenvalue weighted by Gasteiger charge is -2.23. The molecule has 16 heavy (non-hydrogen) atoms. The number of likely N-dealkylation sites (tertiary alicyclic amines) is 1. The van der Waals surface area contributed by atoms with E-state index in [0.717, 1.165) is 12.0 Å². The third-order valence-electron chi connectivity index (χ3n) is 4.28. The zero-order valence-corrected chi connectivity index (χ0v) is 10.9. The number of rotatable bonds is 4. The van der Waals surface area contributed by atoms with Gasteiger partial charge in [-0.25, -0.2) is 0 Å². The molecular formula is C14H28N2. The van der Waals surface area contributed by atoms with Crippen LogP contribution in [0.4, 0.5) is 0 Å². The van der Waals surface area contributed by atoms with Crippen LogP contribution < -0.4 is 5.32 Å². The predicted molar refractivity (Wildman–Crippen MR) is 69.7 cm³/mol. The average Bonchev–Trinajstić information content (AvgIpc) is 2.68. The van der Waals surface area contributed by atoms with Crippen LogP contribution in [-0.4, -0.2) is 37.1 Å². The molecule has 2 aliphatic heterocycles. The minimum atomic E-state index is 0.794. The van der Waals surface area contributed by atoms with Crippen molar-refractivity contribution in [1.82, 2.24) is 10.2 Å². The Morgan fingerprint density at radius 1 is 1.12 bits per heavy atom. The van der Waals surface area contributed by atoms with Crippen molar-refractivity contribution in [2.45, 2.75) is 57.9 Å². The van der Waals surface area contributed by atoms with Gasteiger partial charge in [-0.05, 0) is 57.7 Å². The van der Waals surface area contributed by atoms with E-state index < -0.39 is 0 Å². The summed E-state index contributed by atoms with van der Waals surface area (Å²) in [5.74, 6) is 1.02. The Kier molecular flexibility index (Phi) is 5.11. The molecule has 94 valence electrons. The van der Waals surface area contributed by atoms with Crippen LogP contribution in [0, 0.1) is 5.92 Å². The van der Waals surface area contributed by atoms with Crippen LogP contribution in [0.3, 0.4) is 0 Å². The Hall–Kier alpha value is -0.0800. The second-order valence-electron chi connectivity index (χ2n) is 5.68. The summed E-state index contributed by atoms with van der Waals surface area (Å²) in [6.45, 7) is 7.57. The Balaban J connectivity index is 1.70. The minimum absolute atomic E-state index is 0.794. The van der Waals surface area contributed by atoms with E-state index in [4.69, 9.17) is 0 Å². The van der Waals surface area contributed by atoms with E-state index in [1.54, 1.807) is 0 Å². The van der Waals surface area contributed by atoms with Crippen molar-refractivity contribution in [2.75, 3.05) is 26.2 Å². The molecule has 0 bridgehead atoms. The molecule has 2 fully saturated rings. The Morgan fingerprint density at radius 2 is 2.06 bits per heavy atom. The van der Waals surface area contributed by atoms with Gasteiger partial charge in [0.2, 0.25) is 0 Å². The molecule has 2 saturated heterocycles. The molecule has 0 aromatic rings. The van der Waals surface area contributed by atoms with Gasteiger partial charge in [0, 0.05) is 12.6 Å². The first-order valence-electron chi connectivity index (χ1n) is 7.34. The third kappa shape index (κ3) is 3.74. The van der Waals surface area contributed by atoms with Crippen LogP contribution in [-0.2, 0) is 0 Å². The summed E-state index contributed by atoms with van der Waals surface area (Å²) in [5.41, 5.74) is 0. The van der Waals surface area contributed by atoms with Crippen molar-refractivity contribution in [2.24, 2.45) is 5.92 Å². The molecule has 0 aromatic heterocycles. The zero-order chi connectivity index (χ0) is 11.2. The molecule has 0 radical (unpaired) electrons. The number of hydrogen-bond acceptors (Lipinski definition) is 2. The fourth-order valence-corrected chi connectivity index (χ4v) is 3.33. The van der Waals surface area contributed by atoms with Gasteiger partial charge in [-0.2, -0.15) is 0 Å². The van der Waals surface area contributed by atoms with E-state index in [9.17, 15) is 0 Å². The van der Waals surface area contributed by atoms with Gasteiger partial charge in [0.1, 0.15) is 0 Å². The molecular weight excluding hydrogens is 196 g/mol. The van der Waals surface area contributed by atoms with E-state index in [2.05, 4.69) is 17.1 Å². The summed E-state index contributed by atoms with van der Waals surface area (Å²) in [6, 6.07) is 0.794. The SMILES string of the molecule is CCCC1CCCN(C[C@H]2CCCN2)CC1. The largest absolute Gasteiger partial charge is 0.313 e. The standard InChI is InChI=1S/C14H28N2/c1-2-5-13-6-4-10-16(11-8-13)12-14-7-3-9-15-14/h13-15H,2-12H2,1H3/t13?,14-/m1/s1. The van der Waals surface area contributed by atoms with Crippen LogP contribution in [0.15, 0.2) is 0 Å². The summed E-state index contributed by atoms with van der Waals surface area (Å²) in [6.07, 6.45) is 9.95. The first-order chi connectivity index (χ1) is 7.88. The number of nitrogens with one attached hydrogen (secondary N) is 1. The summed E-state index contributed by atoms with van der Waals surface area (Å²) in [7, 11) is 0. The summed E-state index contributed by atoms with van der Waals surface area (Å²) >= 11 is 0. The molecule has 1 N–H and O–H groups in total. The lowest BCUT2D eigenvalue weighted by Crippen LogP contribution is -2.38. The maximum atomic E-state index is 3.62. The zero-order valence-electron chi connectivity index (χ0n) is 10.9. The second kappa shape index (κ2) is 6.61. The highest BCUT2D eigenvalue weighted by atomic mass is 15.2. The molecule has 0 aliphatic carbocycles. The van der Waals surface area contributed by atoms with Gasteiger partial charge in [0.05, 0.1) is 0 Å². The molecule has 1 unspecified atom stereocenters. The van der Waals surface area contributed by atoms with Crippen LogP contribution in [0.2, 0.25) is 0 Å². The topological polar surface area (TPSA) is 15.3 Å². The first-order valence-corrected chi connectivity index (χ1v) is 7.34.